The molecular formula is C13H20ClNO3S. The van der Waals surface area contributed by atoms with Gasteiger partial charge in [-0.2, -0.15) is 0 Å². The van der Waals surface area contributed by atoms with Gasteiger partial charge in [-0.25, -0.2) is 8.42 Å². The second kappa shape index (κ2) is 7.24. The standard InChI is InChI=1S/C13H20ClNO3S/c1-3-10(16)7-8-15-9-11-12(14)5-4-6-13(11)19(2,17)18/h4-6,10,15-16H,3,7-9H2,1-2H3. The molecular weight excluding hydrogens is 286 g/mol. The van der Waals surface area contributed by atoms with E-state index in [0.29, 0.717) is 36.5 Å². The van der Waals surface area contributed by atoms with Crippen LogP contribution in [0.4, 0.5) is 0 Å². The fourth-order valence-corrected chi connectivity index (χ4v) is 3.00. The maximum atomic E-state index is 11.7. The van der Waals surface area contributed by atoms with E-state index < -0.39 is 9.84 Å². The summed E-state index contributed by atoms with van der Waals surface area (Å²) in [5.41, 5.74) is 0.581. The second-order valence-corrected chi connectivity index (χ2v) is 6.91. The Morgan fingerprint density at radius 2 is 2.11 bits per heavy atom. The topological polar surface area (TPSA) is 66.4 Å². The van der Waals surface area contributed by atoms with Crippen LogP contribution >= 0.6 is 11.6 Å². The molecule has 0 saturated heterocycles. The minimum Gasteiger partial charge on any atom is -0.393 e. The molecule has 0 bridgehead atoms. The highest BCUT2D eigenvalue weighted by atomic mass is 35.5. The largest absolute Gasteiger partial charge is 0.393 e. The molecule has 0 saturated carbocycles. The molecule has 6 heteroatoms. The average Bonchev–Trinajstić information content (AvgIpc) is 2.34. The highest BCUT2D eigenvalue weighted by Crippen LogP contribution is 2.23. The van der Waals surface area contributed by atoms with Gasteiger partial charge in [0.05, 0.1) is 11.0 Å². The highest BCUT2D eigenvalue weighted by molar-refractivity contribution is 7.90. The van der Waals surface area contributed by atoms with Crippen molar-refractivity contribution in [3.63, 3.8) is 0 Å². The summed E-state index contributed by atoms with van der Waals surface area (Å²) < 4.78 is 23.3. The van der Waals surface area contributed by atoms with Crippen molar-refractivity contribution >= 4 is 21.4 Å². The Labute approximate surface area is 119 Å². The molecule has 0 aliphatic carbocycles. The van der Waals surface area contributed by atoms with E-state index in [4.69, 9.17) is 11.6 Å². The Kier molecular flexibility index (Phi) is 6.26. The quantitative estimate of drug-likeness (QED) is 0.756. The maximum absolute atomic E-state index is 11.7. The van der Waals surface area contributed by atoms with Crippen LogP contribution in [0.5, 0.6) is 0 Å². The van der Waals surface area contributed by atoms with Gasteiger partial charge in [-0.05, 0) is 31.5 Å². The summed E-state index contributed by atoms with van der Waals surface area (Å²) in [7, 11) is -3.29. The van der Waals surface area contributed by atoms with Gasteiger partial charge in [-0.3, -0.25) is 0 Å². The van der Waals surface area contributed by atoms with Crippen molar-refractivity contribution in [3.05, 3.63) is 28.8 Å². The first-order chi connectivity index (χ1) is 8.86. The molecule has 2 N–H and O–H groups in total. The Morgan fingerprint density at radius 3 is 2.68 bits per heavy atom. The zero-order chi connectivity index (χ0) is 14.5. The highest BCUT2D eigenvalue weighted by Gasteiger charge is 2.15. The molecule has 0 amide bonds. The fourth-order valence-electron chi connectivity index (χ4n) is 1.74. The van der Waals surface area contributed by atoms with Crippen molar-refractivity contribution < 1.29 is 13.5 Å². The van der Waals surface area contributed by atoms with Crippen LogP contribution in [-0.4, -0.2) is 32.4 Å². The van der Waals surface area contributed by atoms with Gasteiger partial charge in [-0.1, -0.05) is 24.6 Å². The minimum absolute atomic E-state index is 0.253. The van der Waals surface area contributed by atoms with E-state index >= 15 is 0 Å². The SMILES string of the molecule is CCC(O)CCNCc1c(Cl)cccc1S(C)(=O)=O. The van der Waals surface area contributed by atoms with Crippen LogP contribution in [0, 0.1) is 0 Å². The maximum Gasteiger partial charge on any atom is 0.175 e. The smallest absolute Gasteiger partial charge is 0.175 e. The summed E-state index contributed by atoms with van der Waals surface area (Å²) in [5.74, 6) is 0. The lowest BCUT2D eigenvalue weighted by atomic mass is 10.2. The van der Waals surface area contributed by atoms with Crippen LogP contribution < -0.4 is 5.32 Å². The van der Waals surface area contributed by atoms with Crippen LogP contribution in [-0.2, 0) is 16.4 Å². The molecule has 0 heterocycles. The molecule has 0 spiro atoms. The Bertz CT molecular complexity index is 517. The lowest BCUT2D eigenvalue weighted by molar-refractivity contribution is 0.159. The minimum atomic E-state index is -3.29. The Morgan fingerprint density at radius 1 is 1.42 bits per heavy atom. The number of aliphatic hydroxyl groups excluding tert-OH is 1. The van der Waals surface area contributed by atoms with Gasteiger partial charge in [0.2, 0.25) is 0 Å². The van der Waals surface area contributed by atoms with Gasteiger partial charge in [0.1, 0.15) is 0 Å². The van der Waals surface area contributed by atoms with E-state index in [1.807, 2.05) is 6.92 Å². The molecule has 0 aliphatic heterocycles. The summed E-state index contributed by atoms with van der Waals surface area (Å²) in [6.07, 6.45) is 2.19. The van der Waals surface area contributed by atoms with E-state index in [9.17, 15) is 13.5 Å². The van der Waals surface area contributed by atoms with Crippen molar-refractivity contribution in [2.75, 3.05) is 12.8 Å². The summed E-state index contributed by atoms with van der Waals surface area (Å²) in [5, 5.41) is 13.0. The summed E-state index contributed by atoms with van der Waals surface area (Å²) >= 11 is 6.05. The first-order valence-electron chi connectivity index (χ1n) is 6.22. The zero-order valence-electron chi connectivity index (χ0n) is 11.2. The molecule has 0 aromatic heterocycles. The van der Waals surface area contributed by atoms with Crippen molar-refractivity contribution in [2.45, 2.75) is 37.3 Å². The third-order valence-electron chi connectivity index (χ3n) is 2.90. The Balaban J connectivity index is 2.73. The van der Waals surface area contributed by atoms with Crippen molar-refractivity contribution in [1.29, 1.82) is 0 Å². The lowest BCUT2D eigenvalue weighted by Crippen LogP contribution is -2.21. The molecule has 0 radical (unpaired) electrons. The molecule has 108 valence electrons. The third kappa shape index (κ3) is 5.10. The lowest BCUT2D eigenvalue weighted by Gasteiger charge is -2.12. The number of halogens is 1. The van der Waals surface area contributed by atoms with E-state index in [2.05, 4.69) is 5.32 Å². The molecule has 1 aromatic rings. The molecule has 1 atom stereocenters. The molecule has 1 unspecified atom stereocenters. The third-order valence-corrected chi connectivity index (χ3v) is 4.44. The number of benzene rings is 1. The van der Waals surface area contributed by atoms with Gasteiger partial charge in [0.25, 0.3) is 0 Å². The van der Waals surface area contributed by atoms with Crippen molar-refractivity contribution in [1.82, 2.24) is 5.32 Å². The number of nitrogens with one attached hydrogen (secondary N) is 1. The van der Waals surface area contributed by atoms with Crippen LogP contribution in [0.1, 0.15) is 25.3 Å². The number of hydrogen-bond donors (Lipinski definition) is 2. The zero-order valence-corrected chi connectivity index (χ0v) is 12.8. The molecule has 1 aromatic carbocycles. The first kappa shape index (κ1) is 16.4. The van der Waals surface area contributed by atoms with Gasteiger partial charge in [0, 0.05) is 23.4 Å². The van der Waals surface area contributed by atoms with Crippen molar-refractivity contribution in [2.24, 2.45) is 0 Å². The number of aliphatic hydroxyl groups is 1. The summed E-state index contributed by atoms with van der Waals surface area (Å²) in [6, 6.07) is 4.86. The number of rotatable bonds is 7. The van der Waals surface area contributed by atoms with Gasteiger partial charge in [-0.15, -0.1) is 0 Å². The van der Waals surface area contributed by atoms with Crippen LogP contribution in [0.3, 0.4) is 0 Å². The van der Waals surface area contributed by atoms with Crippen LogP contribution in [0.2, 0.25) is 5.02 Å². The van der Waals surface area contributed by atoms with Crippen molar-refractivity contribution in [3.8, 4) is 0 Å². The summed E-state index contributed by atoms with van der Waals surface area (Å²) in [6.45, 7) is 2.91. The van der Waals surface area contributed by atoms with E-state index in [1.54, 1.807) is 18.2 Å². The van der Waals surface area contributed by atoms with Crippen LogP contribution in [0.25, 0.3) is 0 Å². The average molecular weight is 306 g/mol. The second-order valence-electron chi connectivity index (χ2n) is 4.52. The molecule has 4 nitrogen and oxygen atoms in total. The van der Waals surface area contributed by atoms with Gasteiger partial charge < -0.3 is 10.4 Å². The van der Waals surface area contributed by atoms with E-state index in [1.165, 1.54) is 6.26 Å². The van der Waals surface area contributed by atoms with Gasteiger partial charge >= 0.3 is 0 Å². The van der Waals surface area contributed by atoms with E-state index in [-0.39, 0.29) is 11.0 Å². The van der Waals surface area contributed by atoms with Gasteiger partial charge in [0.15, 0.2) is 9.84 Å². The predicted octanol–water partition coefficient (Wildman–Crippen LogP) is 1.99. The Hall–Kier alpha value is -0.620. The van der Waals surface area contributed by atoms with Crippen LogP contribution in [0.15, 0.2) is 23.1 Å². The molecule has 0 aliphatic rings. The molecule has 0 fully saturated rings. The number of hydrogen-bond acceptors (Lipinski definition) is 4. The fraction of sp³-hybridized carbons (Fsp3) is 0.538. The number of sulfone groups is 1. The molecule has 19 heavy (non-hydrogen) atoms. The predicted molar refractivity (Wildman–Crippen MR) is 77.2 cm³/mol. The normalized spacial score (nSPS) is 13.5. The van der Waals surface area contributed by atoms with E-state index in [0.717, 1.165) is 0 Å². The monoisotopic (exact) mass is 305 g/mol. The molecule has 1 rings (SSSR count). The first-order valence-corrected chi connectivity index (χ1v) is 8.49. The summed E-state index contributed by atoms with van der Waals surface area (Å²) in [4.78, 5) is 0.253.